The van der Waals surface area contributed by atoms with E-state index in [1.165, 1.54) is 0 Å². The SMILES string of the molecule is CC(C)C[C@@H](CC(=O)O)NC(=O)c1ccncc1N1CCOCC1. The van der Waals surface area contributed by atoms with Gasteiger partial charge in [0.05, 0.1) is 37.1 Å². The Hall–Kier alpha value is -2.15. The largest absolute Gasteiger partial charge is 0.481 e. The highest BCUT2D eigenvalue weighted by Crippen LogP contribution is 2.21. The molecular weight excluding hydrogens is 310 g/mol. The molecule has 2 heterocycles. The van der Waals surface area contributed by atoms with Crippen LogP contribution in [0.1, 0.15) is 37.0 Å². The lowest BCUT2D eigenvalue weighted by molar-refractivity contribution is -0.137. The van der Waals surface area contributed by atoms with Crippen molar-refractivity contribution in [2.45, 2.75) is 32.7 Å². The summed E-state index contributed by atoms with van der Waals surface area (Å²) in [6.45, 7) is 6.65. The number of morpholine rings is 1. The molecular formula is C17H25N3O4. The van der Waals surface area contributed by atoms with Gasteiger partial charge >= 0.3 is 5.97 Å². The van der Waals surface area contributed by atoms with Gasteiger partial charge in [-0.25, -0.2) is 0 Å². The fraction of sp³-hybridized carbons (Fsp3) is 0.588. The molecule has 1 amide bonds. The van der Waals surface area contributed by atoms with Crippen molar-refractivity contribution in [3.63, 3.8) is 0 Å². The third-order valence-corrected chi connectivity index (χ3v) is 3.91. The molecule has 2 N–H and O–H groups in total. The van der Waals surface area contributed by atoms with Crippen molar-refractivity contribution in [1.29, 1.82) is 0 Å². The van der Waals surface area contributed by atoms with E-state index >= 15 is 0 Å². The molecule has 1 aromatic heterocycles. The molecule has 0 bridgehead atoms. The maximum atomic E-state index is 12.7. The Morgan fingerprint density at radius 3 is 2.71 bits per heavy atom. The van der Waals surface area contributed by atoms with Gasteiger partial charge in [-0.3, -0.25) is 14.6 Å². The Labute approximate surface area is 142 Å². The van der Waals surface area contributed by atoms with Gasteiger partial charge in [0.15, 0.2) is 0 Å². The lowest BCUT2D eigenvalue weighted by Crippen LogP contribution is -2.40. The number of aromatic nitrogens is 1. The highest BCUT2D eigenvalue weighted by Gasteiger charge is 2.22. The Balaban J connectivity index is 2.14. The van der Waals surface area contributed by atoms with Crippen LogP contribution >= 0.6 is 0 Å². The van der Waals surface area contributed by atoms with Crippen LogP contribution in [0.2, 0.25) is 0 Å². The van der Waals surface area contributed by atoms with Crippen LogP contribution in [0, 0.1) is 5.92 Å². The van der Waals surface area contributed by atoms with E-state index in [0.29, 0.717) is 44.2 Å². The number of carboxylic acids is 1. The van der Waals surface area contributed by atoms with Crippen LogP contribution in [0.3, 0.4) is 0 Å². The zero-order valence-electron chi connectivity index (χ0n) is 14.2. The molecule has 7 heteroatoms. The van der Waals surface area contributed by atoms with Gasteiger partial charge in [0, 0.05) is 25.3 Å². The van der Waals surface area contributed by atoms with Crippen molar-refractivity contribution < 1.29 is 19.4 Å². The van der Waals surface area contributed by atoms with Crippen molar-refractivity contribution in [3.8, 4) is 0 Å². The second-order valence-corrected chi connectivity index (χ2v) is 6.39. The number of carbonyl (C=O) groups is 2. The number of carbonyl (C=O) groups excluding carboxylic acids is 1. The number of nitrogens with one attached hydrogen (secondary N) is 1. The number of hydrogen-bond donors (Lipinski definition) is 2. The van der Waals surface area contributed by atoms with E-state index < -0.39 is 5.97 Å². The van der Waals surface area contributed by atoms with Crippen LogP contribution in [0.5, 0.6) is 0 Å². The molecule has 2 rings (SSSR count). The summed E-state index contributed by atoms with van der Waals surface area (Å²) in [5.74, 6) is -0.874. The van der Waals surface area contributed by atoms with Gasteiger partial charge in [-0.05, 0) is 18.4 Å². The van der Waals surface area contributed by atoms with E-state index in [1.807, 2.05) is 13.8 Å². The van der Waals surface area contributed by atoms with Crippen LogP contribution in [-0.2, 0) is 9.53 Å². The third kappa shape index (κ3) is 5.19. The summed E-state index contributed by atoms with van der Waals surface area (Å²) in [6.07, 6.45) is 3.79. The van der Waals surface area contributed by atoms with Crippen LogP contribution in [0.25, 0.3) is 0 Å². The Bertz CT molecular complexity index is 571. The number of anilines is 1. The maximum absolute atomic E-state index is 12.7. The molecule has 0 aromatic carbocycles. The average Bonchev–Trinajstić information content (AvgIpc) is 2.54. The molecule has 0 spiro atoms. The van der Waals surface area contributed by atoms with Crippen molar-refractivity contribution in [2.75, 3.05) is 31.2 Å². The molecule has 7 nitrogen and oxygen atoms in total. The Morgan fingerprint density at radius 1 is 1.38 bits per heavy atom. The average molecular weight is 335 g/mol. The first kappa shape index (κ1) is 18.2. The molecule has 1 fully saturated rings. The zero-order chi connectivity index (χ0) is 17.5. The monoisotopic (exact) mass is 335 g/mol. The van der Waals surface area contributed by atoms with Gasteiger partial charge in [0.1, 0.15) is 0 Å². The number of rotatable bonds is 7. The number of carboxylic acid groups (broad SMARTS) is 1. The summed E-state index contributed by atoms with van der Waals surface area (Å²) in [5.41, 5.74) is 1.28. The van der Waals surface area contributed by atoms with Gasteiger partial charge in [0.25, 0.3) is 5.91 Å². The van der Waals surface area contributed by atoms with Crippen molar-refractivity contribution in [3.05, 3.63) is 24.0 Å². The van der Waals surface area contributed by atoms with E-state index in [4.69, 9.17) is 9.84 Å². The molecule has 0 saturated carbocycles. The van der Waals surface area contributed by atoms with Gasteiger partial charge in [-0.2, -0.15) is 0 Å². The number of nitrogens with zero attached hydrogens (tertiary/aromatic N) is 2. The van der Waals surface area contributed by atoms with Crippen molar-refractivity contribution >= 4 is 17.6 Å². The normalized spacial score (nSPS) is 16.0. The van der Waals surface area contributed by atoms with Gasteiger partial charge in [-0.1, -0.05) is 13.8 Å². The van der Waals surface area contributed by atoms with Gasteiger partial charge in [0.2, 0.25) is 0 Å². The second kappa shape index (κ2) is 8.63. The predicted molar refractivity (Wildman–Crippen MR) is 90.2 cm³/mol. The summed E-state index contributed by atoms with van der Waals surface area (Å²) in [5, 5.41) is 11.9. The number of aliphatic carboxylic acids is 1. The first-order chi connectivity index (χ1) is 11.5. The Kier molecular flexibility index (Phi) is 6.54. The molecule has 0 radical (unpaired) electrons. The van der Waals surface area contributed by atoms with Gasteiger partial charge < -0.3 is 20.1 Å². The maximum Gasteiger partial charge on any atom is 0.305 e. The molecule has 132 valence electrons. The fourth-order valence-corrected chi connectivity index (χ4v) is 2.87. The minimum Gasteiger partial charge on any atom is -0.481 e. The predicted octanol–water partition coefficient (Wildman–Crippen LogP) is 1.54. The van der Waals surface area contributed by atoms with E-state index in [2.05, 4.69) is 15.2 Å². The minimum absolute atomic E-state index is 0.0815. The summed E-state index contributed by atoms with van der Waals surface area (Å²) < 4.78 is 5.35. The fourth-order valence-electron chi connectivity index (χ4n) is 2.87. The summed E-state index contributed by atoms with van der Waals surface area (Å²) in [4.78, 5) is 29.9. The number of pyridine rings is 1. The standard InChI is InChI=1S/C17H25N3O4/c1-12(2)9-13(10-16(21)22)19-17(23)14-3-4-18-11-15(14)20-5-7-24-8-6-20/h3-4,11-13H,5-10H2,1-2H3,(H,19,23)(H,21,22)/t13-/m0/s1. The molecule has 0 aliphatic carbocycles. The molecule has 1 saturated heterocycles. The zero-order valence-corrected chi connectivity index (χ0v) is 14.2. The molecule has 1 aliphatic heterocycles. The quantitative estimate of drug-likeness (QED) is 0.785. The first-order valence-corrected chi connectivity index (χ1v) is 8.26. The lowest BCUT2D eigenvalue weighted by Gasteiger charge is -2.30. The van der Waals surface area contributed by atoms with Crippen LogP contribution in [0.4, 0.5) is 5.69 Å². The molecule has 1 aliphatic rings. The number of hydrogen-bond acceptors (Lipinski definition) is 5. The molecule has 24 heavy (non-hydrogen) atoms. The molecule has 1 atom stereocenters. The Morgan fingerprint density at radius 2 is 2.08 bits per heavy atom. The van der Waals surface area contributed by atoms with E-state index in [0.717, 1.165) is 5.69 Å². The number of amides is 1. The topological polar surface area (TPSA) is 91.8 Å². The van der Waals surface area contributed by atoms with E-state index in [1.54, 1.807) is 18.5 Å². The van der Waals surface area contributed by atoms with Crippen LogP contribution in [-0.4, -0.2) is 54.3 Å². The van der Waals surface area contributed by atoms with Gasteiger partial charge in [-0.15, -0.1) is 0 Å². The molecule has 0 unspecified atom stereocenters. The first-order valence-electron chi connectivity index (χ1n) is 8.26. The summed E-state index contributed by atoms with van der Waals surface area (Å²) in [6, 6.07) is 1.29. The lowest BCUT2D eigenvalue weighted by atomic mass is 10.0. The highest BCUT2D eigenvalue weighted by molar-refractivity contribution is 5.99. The van der Waals surface area contributed by atoms with Crippen molar-refractivity contribution in [1.82, 2.24) is 10.3 Å². The third-order valence-electron chi connectivity index (χ3n) is 3.91. The smallest absolute Gasteiger partial charge is 0.305 e. The van der Waals surface area contributed by atoms with Crippen LogP contribution in [0.15, 0.2) is 18.5 Å². The van der Waals surface area contributed by atoms with Crippen LogP contribution < -0.4 is 10.2 Å². The minimum atomic E-state index is -0.913. The number of ether oxygens (including phenoxy) is 1. The van der Waals surface area contributed by atoms with E-state index in [-0.39, 0.29) is 18.4 Å². The van der Waals surface area contributed by atoms with Crippen molar-refractivity contribution in [2.24, 2.45) is 5.92 Å². The molecule has 1 aromatic rings. The highest BCUT2D eigenvalue weighted by atomic mass is 16.5. The summed E-state index contributed by atoms with van der Waals surface area (Å²) in [7, 11) is 0. The van der Waals surface area contributed by atoms with E-state index in [9.17, 15) is 9.59 Å². The second-order valence-electron chi connectivity index (χ2n) is 6.39. The summed E-state index contributed by atoms with van der Waals surface area (Å²) >= 11 is 0.